The first-order chi connectivity index (χ1) is 9.42. The van der Waals surface area contributed by atoms with Crippen LogP contribution in [0.25, 0.3) is 11.4 Å². The minimum Gasteiger partial charge on any atom is -0.131 e. The fraction of sp³-hybridized carbons (Fsp3) is 0.0667. The number of hydrogen-bond donors (Lipinski definition) is 0. The third-order valence-electron chi connectivity index (χ3n) is 2.76. The molecule has 0 amide bonds. The van der Waals surface area contributed by atoms with Gasteiger partial charge in [-0.15, -0.1) is 20.4 Å². The van der Waals surface area contributed by atoms with Crippen LogP contribution in [0.1, 0.15) is 11.4 Å². The Bertz CT molecular complexity index is 636. The monoisotopic (exact) mass is 248 g/mol. The zero-order valence-corrected chi connectivity index (χ0v) is 10.3. The minimum atomic E-state index is 0.553. The van der Waals surface area contributed by atoms with Crippen LogP contribution in [0, 0.1) is 0 Å². The molecule has 0 aliphatic heterocycles. The lowest BCUT2D eigenvalue weighted by Gasteiger charge is -2.00. The standard InChI is InChI=1S/C15H12N4/c1-3-7-12(8-4-1)11-14-16-18-15(19-17-14)13-9-5-2-6-10-13/h1-10H,11H2. The van der Waals surface area contributed by atoms with E-state index in [1.165, 1.54) is 0 Å². The number of aromatic nitrogens is 4. The molecule has 1 heterocycles. The Morgan fingerprint density at radius 1 is 0.632 bits per heavy atom. The predicted molar refractivity (Wildman–Crippen MR) is 72.3 cm³/mol. The summed E-state index contributed by atoms with van der Waals surface area (Å²) in [5.74, 6) is 1.18. The van der Waals surface area contributed by atoms with Crippen molar-refractivity contribution in [3.8, 4) is 11.4 Å². The van der Waals surface area contributed by atoms with E-state index in [1.54, 1.807) is 0 Å². The maximum Gasteiger partial charge on any atom is 0.203 e. The second-order valence-corrected chi connectivity index (χ2v) is 4.17. The van der Waals surface area contributed by atoms with Gasteiger partial charge in [-0.2, -0.15) is 0 Å². The molecular weight excluding hydrogens is 236 g/mol. The highest BCUT2D eigenvalue weighted by Gasteiger charge is 2.04. The van der Waals surface area contributed by atoms with Gasteiger partial charge in [0.25, 0.3) is 0 Å². The van der Waals surface area contributed by atoms with Crippen molar-refractivity contribution in [2.45, 2.75) is 6.42 Å². The van der Waals surface area contributed by atoms with Crippen LogP contribution in [0.5, 0.6) is 0 Å². The normalized spacial score (nSPS) is 10.3. The summed E-state index contributed by atoms with van der Waals surface area (Å²) in [5.41, 5.74) is 2.08. The average molecular weight is 248 g/mol. The molecule has 92 valence electrons. The van der Waals surface area contributed by atoms with Crippen molar-refractivity contribution in [2.24, 2.45) is 0 Å². The van der Waals surface area contributed by atoms with Gasteiger partial charge < -0.3 is 0 Å². The summed E-state index contributed by atoms with van der Waals surface area (Å²) in [5, 5.41) is 16.5. The van der Waals surface area contributed by atoms with E-state index in [0.717, 1.165) is 11.1 Å². The third kappa shape index (κ3) is 2.80. The Morgan fingerprint density at radius 2 is 1.21 bits per heavy atom. The van der Waals surface area contributed by atoms with E-state index in [9.17, 15) is 0 Å². The summed E-state index contributed by atoms with van der Waals surface area (Å²) in [7, 11) is 0. The van der Waals surface area contributed by atoms with Crippen LogP contribution in [-0.2, 0) is 6.42 Å². The summed E-state index contributed by atoms with van der Waals surface area (Å²) in [6, 6.07) is 19.8. The zero-order chi connectivity index (χ0) is 12.9. The van der Waals surface area contributed by atoms with E-state index < -0.39 is 0 Å². The lowest BCUT2D eigenvalue weighted by atomic mass is 10.1. The van der Waals surface area contributed by atoms with Crippen LogP contribution in [0.2, 0.25) is 0 Å². The molecule has 1 aromatic heterocycles. The second kappa shape index (κ2) is 5.35. The summed E-state index contributed by atoms with van der Waals surface area (Å²) in [4.78, 5) is 0. The van der Waals surface area contributed by atoms with Crippen molar-refractivity contribution in [3.63, 3.8) is 0 Å². The van der Waals surface area contributed by atoms with Gasteiger partial charge in [0.15, 0.2) is 5.82 Å². The number of benzene rings is 2. The fourth-order valence-electron chi connectivity index (χ4n) is 1.80. The van der Waals surface area contributed by atoms with Gasteiger partial charge in [0.05, 0.1) is 0 Å². The van der Waals surface area contributed by atoms with E-state index >= 15 is 0 Å². The molecule has 0 saturated carbocycles. The highest BCUT2D eigenvalue weighted by Crippen LogP contribution is 2.11. The van der Waals surface area contributed by atoms with Crippen molar-refractivity contribution < 1.29 is 0 Å². The Hall–Kier alpha value is -2.62. The van der Waals surface area contributed by atoms with Gasteiger partial charge in [-0.1, -0.05) is 60.7 Å². The fourth-order valence-corrected chi connectivity index (χ4v) is 1.80. The molecule has 0 spiro atoms. The van der Waals surface area contributed by atoms with Gasteiger partial charge in [0, 0.05) is 12.0 Å². The van der Waals surface area contributed by atoms with Crippen LogP contribution in [0.15, 0.2) is 60.7 Å². The van der Waals surface area contributed by atoms with Gasteiger partial charge >= 0.3 is 0 Å². The van der Waals surface area contributed by atoms with Crippen molar-refractivity contribution >= 4 is 0 Å². The van der Waals surface area contributed by atoms with Crippen LogP contribution < -0.4 is 0 Å². The van der Waals surface area contributed by atoms with Crippen molar-refractivity contribution in [2.75, 3.05) is 0 Å². The second-order valence-electron chi connectivity index (χ2n) is 4.17. The predicted octanol–water partition coefficient (Wildman–Crippen LogP) is 2.52. The van der Waals surface area contributed by atoms with E-state index in [0.29, 0.717) is 18.1 Å². The highest BCUT2D eigenvalue weighted by atomic mass is 15.3. The molecule has 4 heteroatoms. The van der Waals surface area contributed by atoms with Gasteiger partial charge in [-0.3, -0.25) is 0 Å². The molecule has 19 heavy (non-hydrogen) atoms. The molecule has 0 fully saturated rings. The summed E-state index contributed by atoms with van der Waals surface area (Å²) >= 11 is 0. The Kier molecular flexibility index (Phi) is 3.23. The van der Waals surface area contributed by atoms with E-state index in [4.69, 9.17) is 0 Å². The minimum absolute atomic E-state index is 0.553. The summed E-state index contributed by atoms with van der Waals surface area (Å²) in [6.45, 7) is 0. The highest BCUT2D eigenvalue weighted by molar-refractivity contribution is 5.52. The van der Waals surface area contributed by atoms with Crippen LogP contribution >= 0.6 is 0 Å². The Labute approximate surface area is 111 Å². The smallest absolute Gasteiger partial charge is 0.131 e. The molecule has 0 atom stereocenters. The van der Waals surface area contributed by atoms with Crippen LogP contribution in [-0.4, -0.2) is 20.4 Å². The first kappa shape index (κ1) is 11.5. The molecule has 0 N–H and O–H groups in total. The molecule has 0 bridgehead atoms. The van der Waals surface area contributed by atoms with Crippen molar-refractivity contribution in [1.82, 2.24) is 20.4 Å². The molecule has 0 unspecified atom stereocenters. The molecule has 3 rings (SSSR count). The summed E-state index contributed by atoms with van der Waals surface area (Å²) in [6.07, 6.45) is 0.649. The molecule has 0 aliphatic rings. The van der Waals surface area contributed by atoms with E-state index in [-0.39, 0.29) is 0 Å². The van der Waals surface area contributed by atoms with Crippen LogP contribution in [0.3, 0.4) is 0 Å². The topological polar surface area (TPSA) is 51.6 Å². The zero-order valence-electron chi connectivity index (χ0n) is 10.3. The van der Waals surface area contributed by atoms with Gasteiger partial charge in [0.1, 0.15) is 0 Å². The van der Waals surface area contributed by atoms with E-state index in [2.05, 4.69) is 20.4 Å². The number of nitrogens with zero attached hydrogens (tertiary/aromatic N) is 4. The van der Waals surface area contributed by atoms with Gasteiger partial charge in [-0.05, 0) is 5.56 Å². The molecule has 4 nitrogen and oxygen atoms in total. The van der Waals surface area contributed by atoms with Gasteiger partial charge in [-0.25, -0.2) is 0 Å². The maximum atomic E-state index is 4.13. The lowest BCUT2D eigenvalue weighted by Crippen LogP contribution is -2.03. The largest absolute Gasteiger partial charge is 0.203 e. The van der Waals surface area contributed by atoms with Crippen molar-refractivity contribution in [1.29, 1.82) is 0 Å². The number of hydrogen-bond acceptors (Lipinski definition) is 4. The first-order valence-electron chi connectivity index (χ1n) is 6.07. The molecule has 0 radical (unpaired) electrons. The quantitative estimate of drug-likeness (QED) is 0.714. The molecule has 0 aliphatic carbocycles. The van der Waals surface area contributed by atoms with E-state index in [1.807, 2.05) is 60.7 Å². The average Bonchev–Trinajstić information content (AvgIpc) is 2.50. The molecular formula is C15H12N4. The lowest BCUT2D eigenvalue weighted by molar-refractivity contribution is 0.787. The molecule has 0 saturated heterocycles. The number of rotatable bonds is 3. The van der Waals surface area contributed by atoms with Crippen molar-refractivity contribution in [3.05, 3.63) is 72.1 Å². The summed E-state index contributed by atoms with van der Waals surface area (Å²) < 4.78 is 0. The molecule has 3 aromatic rings. The SMILES string of the molecule is c1ccc(Cc2nnc(-c3ccccc3)nn2)cc1. The Morgan fingerprint density at radius 3 is 1.84 bits per heavy atom. The molecule has 2 aromatic carbocycles. The van der Waals surface area contributed by atoms with Gasteiger partial charge in [0.2, 0.25) is 5.82 Å². The first-order valence-corrected chi connectivity index (χ1v) is 6.07. The maximum absolute atomic E-state index is 4.13. The Balaban J connectivity index is 1.80. The van der Waals surface area contributed by atoms with Crippen LogP contribution in [0.4, 0.5) is 0 Å². The third-order valence-corrected chi connectivity index (χ3v) is 2.76.